The average Bonchev–Trinajstić information content (AvgIpc) is 2.46. The van der Waals surface area contributed by atoms with Crippen LogP contribution in [0.3, 0.4) is 0 Å². The Kier molecular flexibility index (Phi) is 4.49. The molecule has 1 aromatic heterocycles. The Morgan fingerprint density at radius 1 is 1.19 bits per heavy atom. The van der Waals surface area contributed by atoms with Crippen molar-refractivity contribution in [2.45, 2.75) is 0 Å². The van der Waals surface area contributed by atoms with Crippen LogP contribution >= 0.6 is 11.6 Å². The van der Waals surface area contributed by atoms with E-state index in [1.807, 2.05) is 0 Å². The van der Waals surface area contributed by atoms with Crippen molar-refractivity contribution in [1.29, 1.82) is 0 Å². The summed E-state index contributed by atoms with van der Waals surface area (Å²) in [5.41, 5.74) is 0.462. The van der Waals surface area contributed by atoms with Gasteiger partial charge in [0.1, 0.15) is 6.54 Å². The maximum atomic E-state index is 12.8. The van der Waals surface area contributed by atoms with Gasteiger partial charge in [-0.1, -0.05) is 11.6 Å². The standard InChI is InChI=1S/C14H10ClFN2O3/c15-10-2-4-11(5-3-10)18(8-13(19)20)14(21)9-1-6-12(16)17-7-9/h1-7H,8H2,(H,19,20). The fraction of sp³-hybridized carbons (Fsp3) is 0.0714. The molecule has 2 aromatic rings. The Morgan fingerprint density at radius 2 is 1.86 bits per heavy atom. The van der Waals surface area contributed by atoms with Gasteiger partial charge in [-0.05, 0) is 36.4 Å². The number of hydrogen-bond acceptors (Lipinski definition) is 3. The Hall–Kier alpha value is -2.47. The van der Waals surface area contributed by atoms with Gasteiger partial charge in [-0.25, -0.2) is 4.98 Å². The SMILES string of the molecule is O=C(O)CN(C(=O)c1ccc(F)nc1)c1ccc(Cl)cc1. The van der Waals surface area contributed by atoms with Crippen molar-refractivity contribution in [2.75, 3.05) is 11.4 Å². The number of benzene rings is 1. The van der Waals surface area contributed by atoms with Gasteiger partial charge in [0.25, 0.3) is 5.91 Å². The molecule has 7 heteroatoms. The zero-order chi connectivity index (χ0) is 15.4. The van der Waals surface area contributed by atoms with Crippen LogP contribution in [0.15, 0.2) is 42.6 Å². The minimum atomic E-state index is -1.17. The number of carboxylic acid groups (broad SMARTS) is 1. The number of nitrogens with zero attached hydrogens (tertiary/aromatic N) is 2. The fourth-order valence-electron chi connectivity index (χ4n) is 1.69. The second-order valence-corrected chi connectivity index (χ2v) is 4.57. The number of carbonyl (C=O) groups is 2. The zero-order valence-electron chi connectivity index (χ0n) is 10.7. The highest BCUT2D eigenvalue weighted by Crippen LogP contribution is 2.20. The van der Waals surface area contributed by atoms with E-state index in [-0.39, 0.29) is 5.56 Å². The topological polar surface area (TPSA) is 70.5 Å². The van der Waals surface area contributed by atoms with Gasteiger partial charge in [-0.15, -0.1) is 0 Å². The summed E-state index contributed by atoms with van der Waals surface area (Å²) in [6.07, 6.45) is 1.06. The molecule has 0 unspecified atom stereocenters. The molecule has 0 bridgehead atoms. The predicted molar refractivity (Wildman–Crippen MR) is 75.0 cm³/mol. The minimum Gasteiger partial charge on any atom is -0.480 e. The van der Waals surface area contributed by atoms with E-state index in [0.717, 1.165) is 17.2 Å². The number of halogens is 2. The molecule has 0 fully saturated rings. The number of carbonyl (C=O) groups excluding carboxylic acids is 1. The summed E-state index contributed by atoms with van der Waals surface area (Å²) in [5.74, 6) is -2.48. The first-order valence-electron chi connectivity index (χ1n) is 5.88. The van der Waals surface area contributed by atoms with E-state index in [4.69, 9.17) is 16.7 Å². The second-order valence-electron chi connectivity index (χ2n) is 4.13. The number of hydrogen-bond donors (Lipinski definition) is 1. The summed E-state index contributed by atoms with van der Waals surface area (Å²) < 4.78 is 12.8. The van der Waals surface area contributed by atoms with Gasteiger partial charge in [-0.3, -0.25) is 14.5 Å². The highest BCUT2D eigenvalue weighted by atomic mass is 35.5. The van der Waals surface area contributed by atoms with E-state index < -0.39 is 24.4 Å². The maximum Gasteiger partial charge on any atom is 0.323 e. The third-order valence-corrected chi connectivity index (χ3v) is 2.90. The van der Waals surface area contributed by atoms with Crippen molar-refractivity contribution in [3.63, 3.8) is 0 Å². The Bertz CT molecular complexity index is 659. The third kappa shape index (κ3) is 3.76. The lowest BCUT2D eigenvalue weighted by Gasteiger charge is -2.20. The van der Waals surface area contributed by atoms with Crippen LogP contribution in [0.4, 0.5) is 10.1 Å². The fourth-order valence-corrected chi connectivity index (χ4v) is 1.82. The number of pyridine rings is 1. The summed E-state index contributed by atoms with van der Waals surface area (Å²) in [6.45, 7) is -0.530. The summed E-state index contributed by atoms with van der Waals surface area (Å²) in [4.78, 5) is 27.7. The molecule has 0 aliphatic carbocycles. The van der Waals surface area contributed by atoms with Gasteiger partial charge >= 0.3 is 5.97 Å². The lowest BCUT2D eigenvalue weighted by atomic mass is 10.2. The Balaban J connectivity index is 2.35. The van der Waals surface area contributed by atoms with Crippen molar-refractivity contribution in [1.82, 2.24) is 4.98 Å². The van der Waals surface area contributed by atoms with Crippen molar-refractivity contribution in [3.05, 3.63) is 59.1 Å². The zero-order valence-corrected chi connectivity index (χ0v) is 11.4. The number of aromatic nitrogens is 1. The molecule has 1 N–H and O–H groups in total. The molecule has 5 nitrogen and oxygen atoms in total. The van der Waals surface area contributed by atoms with Gasteiger partial charge in [0.05, 0.1) is 5.56 Å². The predicted octanol–water partition coefficient (Wildman–Crippen LogP) is 2.61. The number of anilines is 1. The Labute approximate surface area is 124 Å². The molecule has 0 radical (unpaired) electrons. The first-order valence-corrected chi connectivity index (χ1v) is 6.26. The van der Waals surface area contributed by atoms with Crippen molar-refractivity contribution in [2.24, 2.45) is 0 Å². The highest BCUT2D eigenvalue weighted by molar-refractivity contribution is 6.30. The molecule has 0 saturated carbocycles. The lowest BCUT2D eigenvalue weighted by molar-refractivity contribution is -0.135. The number of carboxylic acids is 1. The molecule has 0 spiro atoms. The van der Waals surface area contributed by atoms with E-state index in [1.54, 1.807) is 12.1 Å². The summed E-state index contributed by atoms with van der Waals surface area (Å²) in [7, 11) is 0. The number of aliphatic carboxylic acids is 1. The second kappa shape index (κ2) is 6.32. The first-order chi connectivity index (χ1) is 9.97. The van der Waals surface area contributed by atoms with Gasteiger partial charge in [0, 0.05) is 16.9 Å². The van der Waals surface area contributed by atoms with E-state index in [9.17, 15) is 14.0 Å². The first kappa shape index (κ1) is 14.9. The van der Waals surface area contributed by atoms with Crippen molar-refractivity contribution in [3.8, 4) is 0 Å². The molecular weight excluding hydrogens is 299 g/mol. The third-order valence-electron chi connectivity index (χ3n) is 2.65. The van der Waals surface area contributed by atoms with Crippen LogP contribution in [-0.4, -0.2) is 28.5 Å². The van der Waals surface area contributed by atoms with Gasteiger partial charge in [-0.2, -0.15) is 4.39 Å². The van der Waals surface area contributed by atoms with Crippen molar-refractivity contribution >= 4 is 29.2 Å². The van der Waals surface area contributed by atoms with Crippen LogP contribution in [0.1, 0.15) is 10.4 Å². The van der Waals surface area contributed by atoms with Crippen LogP contribution in [0.5, 0.6) is 0 Å². The molecule has 1 amide bonds. The summed E-state index contributed by atoms with van der Waals surface area (Å²) in [6, 6.07) is 8.42. The molecule has 108 valence electrons. The molecule has 0 aliphatic rings. The largest absolute Gasteiger partial charge is 0.480 e. The van der Waals surface area contributed by atoms with Crippen LogP contribution in [0.2, 0.25) is 5.02 Å². The molecule has 1 heterocycles. The number of rotatable bonds is 4. The maximum absolute atomic E-state index is 12.8. The van der Waals surface area contributed by atoms with E-state index >= 15 is 0 Å². The van der Waals surface area contributed by atoms with Gasteiger partial charge in [0.15, 0.2) is 0 Å². The Morgan fingerprint density at radius 3 is 2.38 bits per heavy atom. The molecule has 0 saturated heterocycles. The average molecular weight is 309 g/mol. The summed E-state index contributed by atoms with van der Waals surface area (Å²) in [5, 5.41) is 9.41. The minimum absolute atomic E-state index is 0.0904. The van der Waals surface area contributed by atoms with Crippen LogP contribution in [-0.2, 0) is 4.79 Å². The van der Waals surface area contributed by atoms with Crippen LogP contribution in [0, 0.1) is 5.95 Å². The normalized spacial score (nSPS) is 10.2. The van der Waals surface area contributed by atoms with E-state index in [1.165, 1.54) is 18.2 Å². The van der Waals surface area contributed by atoms with Gasteiger partial charge in [0.2, 0.25) is 5.95 Å². The smallest absolute Gasteiger partial charge is 0.323 e. The van der Waals surface area contributed by atoms with Gasteiger partial charge < -0.3 is 5.11 Å². The van der Waals surface area contributed by atoms with E-state index in [2.05, 4.69) is 4.98 Å². The molecule has 0 atom stereocenters. The van der Waals surface area contributed by atoms with Crippen molar-refractivity contribution < 1.29 is 19.1 Å². The van der Waals surface area contributed by atoms with Crippen LogP contribution in [0.25, 0.3) is 0 Å². The molecule has 2 rings (SSSR count). The summed E-state index contributed by atoms with van der Waals surface area (Å²) >= 11 is 5.76. The highest BCUT2D eigenvalue weighted by Gasteiger charge is 2.20. The monoisotopic (exact) mass is 308 g/mol. The molecule has 21 heavy (non-hydrogen) atoms. The molecular formula is C14H10ClFN2O3. The number of amides is 1. The molecule has 0 aliphatic heterocycles. The quantitative estimate of drug-likeness (QED) is 0.881. The van der Waals surface area contributed by atoms with E-state index in [0.29, 0.717) is 10.7 Å². The lowest BCUT2D eigenvalue weighted by Crippen LogP contribution is -2.35. The molecule has 1 aromatic carbocycles. The van der Waals surface area contributed by atoms with Crippen LogP contribution < -0.4 is 4.90 Å².